The first-order valence-corrected chi connectivity index (χ1v) is 7.90. The van der Waals surface area contributed by atoms with Crippen molar-refractivity contribution >= 4 is 22.9 Å². The van der Waals surface area contributed by atoms with Crippen molar-refractivity contribution in [2.75, 3.05) is 5.32 Å². The molecule has 0 saturated carbocycles. The SMILES string of the molecule is O=C(CCCc1nc(-c2cccs2)no1)Nc1ccccc1. The third-order valence-electron chi connectivity index (χ3n) is 3.06. The van der Waals surface area contributed by atoms with Gasteiger partial charge < -0.3 is 9.84 Å². The highest BCUT2D eigenvalue weighted by Crippen LogP contribution is 2.21. The second kappa shape index (κ2) is 7.00. The molecule has 0 unspecified atom stereocenters. The van der Waals surface area contributed by atoms with Crippen molar-refractivity contribution in [3.05, 3.63) is 53.7 Å². The molecule has 3 aromatic rings. The second-order valence-corrected chi connectivity index (χ2v) is 5.70. The molecule has 0 radical (unpaired) electrons. The first-order valence-electron chi connectivity index (χ1n) is 7.02. The van der Waals surface area contributed by atoms with E-state index in [1.54, 1.807) is 11.3 Å². The lowest BCUT2D eigenvalue weighted by Gasteiger charge is -2.03. The first kappa shape index (κ1) is 14.5. The molecule has 0 aliphatic rings. The molecule has 0 aliphatic carbocycles. The van der Waals surface area contributed by atoms with E-state index in [1.165, 1.54) is 0 Å². The summed E-state index contributed by atoms with van der Waals surface area (Å²) in [6.07, 6.45) is 1.69. The highest BCUT2D eigenvalue weighted by Gasteiger charge is 2.10. The van der Waals surface area contributed by atoms with E-state index in [-0.39, 0.29) is 5.91 Å². The number of hydrogen-bond acceptors (Lipinski definition) is 5. The van der Waals surface area contributed by atoms with Gasteiger partial charge in [-0.05, 0) is 30.0 Å². The summed E-state index contributed by atoms with van der Waals surface area (Å²) in [6, 6.07) is 13.3. The molecule has 5 nitrogen and oxygen atoms in total. The zero-order valence-electron chi connectivity index (χ0n) is 11.9. The van der Waals surface area contributed by atoms with Crippen molar-refractivity contribution in [3.8, 4) is 10.7 Å². The minimum Gasteiger partial charge on any atom is -0.339 e. The van der Waals surface area contributed by atoms with Gasteiger partial charge in [0.1, 0.15) is 0 Å². The second-order valence-electron chi connectivity index (χ2n) is 4.76. The van der Waals surface area contributed by atoms with Crippen LogP contribution in [0.1, 0.15) is 18.7 Å². The summed E-state index contributed by atoms with van der Waals surface area (Å²) in [5.41, 5.74) is 0.810. The van der Waals surface area contributed by atoms with Crippen LogP contribution in [-0.4, -0.2) is 16.0 Å². The minimum absolute atomic E-state index is 0.0100. The number of nitrogens with one attached hydrogen (secondary N) is 1. The van der Waals surface area contributed by atoms with E-state index >= 15 is 0 Å². The number of para-hydroxylation sites is 1. The molecular weight excluding hydrogens is 298 g/mol. The molecule has 0 saturated heterocycles. The molecule has 0 spiro atoms. The van der Waals surface area contributed by atoms with Gasteiger partial charge in [0.05, 0.1) is 4.88 Å². The van der Waals surface area contributed by atoms with Crippen LogP contribution in [0.5, 0.6) is 0 Å². The van der Waals surface area contributed by atoms with Crippen LogP contribution in [0.25, 0.3) is 10.7 Å². The molecule has 6 heteroatoms. The summed E-state index contributed by atoms with van der Waals surface area (Å²) in [5, 5.41) is 8.77. The summed E-state index contributed by atoms with van der Waals surface area (Å²) >= 11 is 1.57. The molecule has 0 fully saturated rings. The van der Waals surface area contributed by atoms with Crippen molar-refractivity contribution in [2.24, 2.45) is 0 Å². The normalized spacial score (nSPS) is 10.5. The van der Waals surface area contributed by atoms with Crippen molar-refractivity contribution in [2.45, 2.75) is 19.3 Å². The highest BCUT2D eigenvalue weighted by atomic mass is 32.1. The largest absolute Gasteiger partial charge is 0.339 e. The molecule has 112 valence electrons. The number of thiophene rings is 1. The van der Waals surface area contributed by atoms with E-state index in [1.807, 2.05) is 47.8 Å². The summed E-state index contributed by atoms with van der Waals surface area (Å²) in [4.78, 5) is 17.1. The lowest BCUT2D eigenvalue weighted by molar-refractivity contribution is -0.116. The van der Waals surface area contributed by atoms with Crippen LogP contribution in [0.4, 0.5) is 5.69 Å². The fourth-order valence-electron chi connectivity index (χ4n) is 2.01. The highest BCUT2D eigenvalue weighted by molar-refractivity contribution is 7.13. The van der Waals surface area contributed by atoms with Crippen molar-refractivity contribution in [1.29, 1.82) is 0 Å². The number of benzene rings is 1. The third-order valence-corrected chi connectivity index (χ3v) is 3.93. The van der Waals surface area contributed by atoms with Gasteiger partial charge in [-0.3, -0.25) is 4.79 Å². The topological polar surface area (TPSA) is 68.0 Å². The predicted octanol–water partition coefficient (Wildman–Crippen LogP) is 3.76. The minimum atomic E-state index is -0.0100. The van der Waals surface area contributed by atoms with Gasteiger partial charge in [-0.1, -0.05) is 29.4 Å². The number of amides is 1. The fourth-order valence-corrected chi connectivity index (χ4v) is 2.66. The Kier molecular flexibility index (Phi) is 4.60. The van der Waals surface area contributed by atoms with Crippen LogP contribution in [0.2, 0.25) is 0 Å². The zero-order chi connectivity index (χ0) is 15.2. The molecule has 2 heterocycles. The number of carbonyl (C=O) groups excluding carboxylic acids is 1. The number of nitrogens with zero attached hydrogens (tertiary/aromatic N) is 2. The van der Waals surface area contributed by atoms with E-state index in [0.29, 0.717) is 31.0 Å². The number of rotatable bonds is 6. The van der Waals surface area contributed by atoms with E-state index in [0.717, 1.165) is 10.6 Å². The lowest BCUT2D eigenvalue weighted by Crippen LogP contribution is -2.11. The Labute approximate surface area is 132 Å². The molecule has 1 amide bonds. The smallest absolute Gasteiger partial charge is 0.226 e. The Morgan fingerprint density at radius 1 is 1.18 bits per heavy atom. The van der Waals surface area contributed by atoms with Gasteiger partial charge in [0.25, 0.3) is 0 Å². The van der Waals surface area contributed by atoms with Crippen molar-refractivity contribution < 1.29 is 9.32 Å². The van der Waals surface area contributed by atoms with Gasteiger partial charge in [-0.15, -0.1) is 11.3 Å². The van der Waals surface area contributed by atoms with Crippen LogP contribution >= 0.6 is 11.3 Å². The van der Waals surface area contributed by atoms with E-state index in [9.17, 15) is 4.79 Å². The molecule has 1 N–H and O–H groups in total. The zero-order valence-corrected chi connectivity index (χ0v) is 12.7. The van der Waals surface area contributed by atoms with Gasteiger partial charge >= 0.3 is 0 Å². The maximum absolute atomic E-state index is 11.8. The van der Waals surface area contributed by atoms with Crippen molar-refractivity contribution in [3.63, 3.8) is 0 Å². The summed E-state index contributed by atoms with van der Waals surface area (Å²) in [6.45, 7) is 0. The Morgan fingerprint density at radius 3 is 2.82 bits per heavy atom. The van der Waals surface area contributed by atoms with Gasteiger partial charge in [0.15, 0.2) is 0 Å². The summed E-state index contributed by atoms with van der Waals surface area (Å²) < 4.78 is 5.20. The van der Waals surface area contributed by atoms with Crippen LogP contribution in [0.15, 0.2) is 52.4 Å². The number of carbonyl (C=O) groups is 1. The summed E-state index contributed by atoms with van der Waals surface area (Å²) in [5.74, 6) is 1.17. The third kappa shape index (κ3) is 3.79. The van der Waals surface area contributed by atoms with Gasteiger partial charge in [0, 0.05) is 18.5 Å². The molecule has 22 heavy (non-hydrogen) atoms. The van der Waals surface area contributed by atoms with Gasteiger partial charge in [0.2, 0.25) is 17.6 Å². The molecule has 0 aliphatic heterocycles. The standard InChI is InChI=1S/C16H15N3O2S/c20-14(17-12-6-2-1-3-7-12)9-4-10-15-18-16(19-21-15)13-8-5-11-22-13/h1-3,5-8,11H,4,9-10H2,(H,17,20). The average molecular weight is 313 g/mol. The molecule has 3 rings (SSSR count). The molecule has 2 aromatic heterocycles. The lowest BCUT2D eigenvalue weighted by atomic mass is 10.2. The Morgan fingerprint density at radius 2 is 2.05 bits per heavy atom. The van der Waals surface area contributed by atoms with Crippen LogP contribution in [-0.2, 0) is 11.2 Å². The fraction of sp³-hybridized carbons (Fsp3) is 0.188. The molecule has 0 atom stereocenters. The molecule has 0 bridgehead atoms. The number of anilines is 1. The quantitative estimate of drug-likeness (QED) is 0.752. The monoisotopic (exact) mass is 313 g/mol. The predicted molar refractivity (Wildman–Crippen MR) is 85.6 cm³/mol. The van der Waals surface area contributed by atoms with Crippen LogP contribution < -0.4 is 5.32 Å². The maximum atomic E-state index is 11.8. The molecule has 1 aromatic carbocycles. The Balaban J connectivity index is 1.46. The Hall–Kier alpha value is -2.47. The number of hydrogen-bond donors (Lipinski definition) is 1. The van der Waals surface area contributed by atoms with E-state index < -0.39 is 0 Å². The van der Waals surface area contributed by atoms with Gasteiger partial charge in [-0.25, -0.2) is 0 Å². The molecular formula is C16H15N3O2S. The number of aromatic nitrogens is 2. The number of aryl methyl sites for hydroxylation is 1. The Bertz CT molecular complexity index is 723. The van der Waals surface area contributed by atoms with Crippen LogP contribution in [0.3, 0.4) is 0 Å². The van der Waals surface area contributed by atoms with Gasteiger partial charge in [-0.2, -0.15) is 4.98 Å². The van der Waals surface area contributed by atoms with Crippen molar-refractivity contribution in [1.82, 2.24) is 10.1 Å². The first-order chi connectivity index (χ1) is 10.8. The van der Waals surface area contributed by atoms with E-state index in [2.05, 4.69) is 15.5 Å². The average Bonchev–Trinajstić information content (AvgIpc) is 3.19. The van der Waals surface area contributed by atoms with E-state index in [4.69, 9.17) is 4.52 Å². The van der Waals surface area contributed by atoms with Crippen LogP contribution in [0, 0.1) is 0 Å². The maximum Gasteiger partial charge on any atom is 0.226 e. The summed E-state index contributed by atoms with van der Waals surface area (Å²) in [7, 11) is 0.